The molecule has 21 heavy (non-hydrogen) atoms. The lowest BCUT2D eigenvalue weighted by molar-refractivity contribution is -0.136. The first-order chi connectivity index (χ1) is 9.49. The summed E-state index contributed by atoms with van der Waals surface area (Å²) in [6.07, 6.45) is -1.93. The molecule has 1 amide bonds. The molecule has 0 unspecified atom stereocenters. The highest BCUT2D eigenvalue weighted by atomic mass is 32.2. The zero-order chi connectivity index (χ0) is 16.4. The lowest BCUT2D eigenvalue weighted by Crippen LogP contribution is -2.39. The highest BCUT2D eigenvalue weighted by molar-refractivity contribution is 7.87. The molecule has 1 aliphatic rings. The minimum atomic E-state index is -5.94. The van der Waals surface area contributed by atoms with Gasteiger partial charge in [-0.05, 0) is 0 Å². The van der Waals surface area contributed by atoms with Crippen molar-refractivity contribution < 1.29 is 45.2 Å². The van der Waals surface area contributed by atoms with Crippen molar-refractivity contribution in [3.63, 3.8) is 0 Å². The van der Waals surface area contributed by atoms with E-state index in [1.54, 1.807) is 0 Å². The van der Waals surface area contributed by atoms with Crippen molar-refractivity contribution in [2.24, 2.45) is 0 Å². The van der Waals surface area contributed by atoms with Gasteiger partial charge in [-0.25, -0.2) is 9.59 Å². The summed E-state index contributed by atoms with van der Waals surface area (Å²) in [6.45, 7) is -0.955. The Morgan fingerprint density at radius 1 is 1.33 bits per heavy atom. The zero-order valence-corrected chi connectivity index (χ0v) is 11.3. The molecule has 0 aliphatic carbocycles. The third-order valence-corrected chi connectivity index (χ3v) is 3.48. The molecule has 0 saturated carbocycles. The van der Waals surface area contributed by atoms with Crippen molar-refractivity contribution >= 4 is 22.2 Å². The molecule has 1 N–H and O–H groups in total. The second-order valence-corrected chi connectivity index (χ2v) is 5.37. The van der Waals surface area contributed by atoms with E-state index < -0.39 is 52.0 Å². The van der Waals surface area contributed by atoms with E-state index in [1.165, 1.54) is 0 Å². The van der Waals surface area contributed by atoms with Crippen molar-refractivity contribution in [3.05, 3.63) is 11.3 Å². The molecule has 12 heteroatoms. The maximum Gasteiger partial charge on any atom is 0.534 e. The number of nitrogens with zero attached hydrogens (tertiary/aromatic N) is 1. The molecule has 0 aromatic rings. The highest BCUT2D eigenvalue weighted by Gasteiger charge is 2.49. The fourth-order valence-corrected chi connectivity index (χ4v) is 2.03. The number of amides is 1. The van der Waals surface area contributed by atoms with Gasteiger partial charge in [0.15, 0.2) is 0 Å². The zero-order valence-electron chi connectivity index (χ0n) is 10.5. The largest absolute Gasteiger partial charge is 0.534 e. The van der Waals surface area contributed by atoms with Crippen molar-refractivity contribution in [1.29, 1.82) is 0 Å². The van der Waals surface area contributed by atoms with E-state index in [2.05, 4.69) is 8.92 Å². The average Bonchev–Trinajstić information content (AvgIpc) is 2.36. The summed E-state index contributed by atoms with van der Waals surface area (Å²) in [5.74, 6) is -1.95. The maximum atomic E-state index is 12.2. The number of ether oxygens (including phenoxy) is 1. The van der Waals surface area contributed by atoms with Crippen molar-refractivity contribution in [1.82, 2.24) is 4.90 Å². The van der Waals surface area contributed by atoms with Crippen LogP contribution in [0.1, 0.15) is 6.42 Å². The molecule has 0 spiro atoms. The van der Waals surface area contributed by atoms with Crippen molar-refractivity contribution in [2.75, 3.05) is 20.2 Å². The molecule has 0 bridgehead atoms. The number of alkyl halides is 3. The van der Waals surface area contributed by atoms with E-state index >= 15 is 0 Å². The van der Waals surface area contributed by atoms with E-state index in [0.29, 0.717) is 4.90 Å². The van der Waals surface area contributed by atoms with E-state index in [9.17, 15) is 31.2 Å². The lowest BCUT2D eigenvalue weighted by Gasteiger charge is -2.27. The van der Waals surface area contributed by atoms with Crippen LogP contribution in [-0.2, 0) is 23.8 Å². The third kappa shape index (κ3) is 3.77. The third-order valence-electron chi connectivity index (χ3n) is 2.49. The van der Waals surface area contributed by atoms with Gasteiger partial charge in [0.05, 0.1) is 19.2 Å². The summed E-state index contributed by atoms with van der Waals surface area (Å²) in [4.78, 5) is 22.9. The number of rotatable bonds is 3. The Balaban J connectivity index is 3.16. The normalized spacial score (nSPS) is 16.7. The fourth-order valence-electron chi connectivity index (χ4n) is 1.48. The molecular weight excluding hydrogens is 323 g/mol. The van der Waals surface area contributed by atoms with Crippen molar-refractivity contribution in [3.8, 4) is 0 Å². The number of halogens is 3. The summed E-state index contributed by atoms with van der Waals surface area (Å²) in [7, 11) is -5.03. The molecule has 0 atom stereocenters. The predicted octanol–water partition coefficient (Wildman–Crippen LogP) is 0.663. The molecule has 0 radical (unpaired) electrons. The quantitative estimate of drug-likeness (QED) is 0.459. The summed E-state index contributed by atoms with van der Waals surface area (Å²) in [5.41, 5.74) is -6.26. The van der Waals surface area contributed by atoms with Crippen LogP contribution in [0.3, 0.4) is 0 Å². The van der Waals surface area contributed by atoms with Gasteiger partial charge in [0.25, 0.3) is 0 Å². The van der Waals surface area contributed by atoms with Crippen LogP contribution < -0.4 is 0 Å². The highest BCUT2D eigenvalue weighted by Crippen LogP contribution is 2.30. The van der Waals surface area contributed by atoms with Crippen LogP contribution in [0.15, 0.2) is 11.3 Å². The number of carbonyl (C=O) groups excluding carboxylic acids is 1. The van der Waals surface area contributed by atoms with E-state index in [4.69, 9.17) is 5.11 Å². The topological polar surface area (TPSA) is 110 Å². The van der Waals surface area contributed by atoms with Gasteiger partial charge >= 0.3 is 27.7 Å². The molecule has 0 fully saturated rings. The summed E-state index contributed by atoms with van der Waals surface area (Å²) < 4.78 is 66.8. The Morgan fingerprint density at radius 3 is 2.33 bits per heavy atom. The van der Waals surface area contributed by atoms with Crippen LogP contribution in [0.2, 0.25) is 0 Å². The van der Waals surface area contributed by atoms with E-state index in [1.807, 2.05) is 0 Å². The molecule has 1 aliphatic heterocycles. The fraction of sp³-hybridized carbons (Fsp3) is 0.556. The average molecular weight is 333 g/mol. The molecule has 1 heterocycles. The van der Waals surface area contributed by atoms with Gasteiger partial charge in [-0.2, -0.15) is 21.6 Å². The SMILES string of the molecule is COC(=O)C1=C(OS(=O)(=O)C(F)(F)F)CCN(C(=O)O)C1. The molecule has 120 valence electrons. The number of esters is 1. The van der Waals surface area contributed by atoms with Crippen LogP contribution in [0.5, 0.6) is 0 Å². The lowest BCUT2D eigenvalue weighted by atomic mass is 10.1. The first-order valence-electron chi connectivity index (χ1n) is 5.28. The monoisotopic (exact) mass is 333 g/mol. The molecule has 0 aromatic carbocycles. The first-order valence-corrected chi connectivity index (χ1v) is 6.69. The van der Waals surface area contributed by atoms with E-state index in [-0.39, 0.29) is 6.54 Å². The van der Waals surface area contributed by atoms with Gasteiger partial charge in [0.2, 0.25) is 0 Å². The number of carbonyl (C=O) groups is 2. The Kier molecular flexibility index (Phi) is 4.71. The second-order valence-electron chi connectivity index (χ2n) is 3.83. The van der Waals surface area contributed by atoms with Crippen LogP contribution in [-0.4, -0.2) is 56.2 Å². The summed E-state index contributed by atoms with van der Waals surface area (Å²) in [6, 6.07) is 0. The standard InChI is InChI=1S/C9H10F3NO7S/c1-19-7(14)5-4-13(8(15)16)3-2-6(5)20-21(17,18)9(10,11)12/h2-4H2,1H3,(H,15,16). The number of hydrogen-bond donors (Lipinski definition) is 1. The van der Waals surface area contributed by atoms with Gasteiger partial charge in [0, 0.05) is 13.0 Å². The maximum absolute atomic E-state index is 12.2. The van der Waals surface area contributed by atoms with Gasteiger partial charge in [-0.3, -0.25) is 0 Å². The van der Waals surface area contributed by atoms with E-state index in [0.717, 1.165) is 7.11 Å². The van der Waals surface area contributed by atoms with Crippen LogP contribution in [0.4, 0.5) is 18.0 Å². The smallest absolute Gasteiger partial charge is 0.466 e. The Morgan fingerprint density at radius 2 is 1.90 bits per heavy atom. The second kappa shape index (κ2) is 5.79. The van der Waals surface area contributed by atoms with Gasteiger partial charge in [-0.1, -0.05) is 0 Å². The van der Waals surface area contributed by atoms with Crippen molar-refractivity contribution in [2.45, 2.75) is 11.9 Å². The minimum absolute atomic E-state index is 0.321. The number of methoxy groups -OCH3 is 1. The van der Waals surface area contributed by atoms with Gasteiger partial charge in [-0.15, -0.1) is 0 Å². The van der Waals surface area contributed by atoms with Crippen LogP contribution >= 0.6 is 0 Å². The number of carboxylic acid groups (broad SMARTS) is 1. The van der Waals surface area contributed by atoms with Gasteiger partial charge < -0.3 is 18.9 Å². The molecular formula is C9H10F3NO7S. The minimum Gasteiger partial charge on any atom is -0.466 e. The summed E-state index contributed by atoms with van der Waals surface area (Å²) >= 11 is 0. The Labute approximate surface area is 116 Å². The summed E-state index contributed by atoms with van der Waals surface area (Å²) in [5, 5.41) is 8.77. The predicted molar refractivity (Wildman–Crippen MR) is 59.3 cm³/mol. The molecule has 0 aromatic heterocycles. The van der Waals surface area contributed by atoms with Crippen LogP contribution in [0, 0.1) is 0 Å². The van der Waals surface area contributed by atoms with Crippen LogP contribution in [0.25, 0.3) is 0 Å². The van der Waals surface area contributed by atoms with Gasteiger partial charge in [0.1, 0.15) is 5.76 Å². The molecule has 0 saturated heterocycles. The molecule has 8 nitrogen and oxygen atoms in total. The molecule has 1 rings (SSSR count). The number of hydrogen-bond acceptors (Lipinski definition) is 6. The first kappa shape index (κ1) is 17.1. The Bertz CT molecular complexity index is 581. The Hall–Kier alpha value is -1.98.